The van der Waals surface area contributed by atoms with Crippen LogP contribution in [0.15, 0.2) is 29.2 Å². The highest BCUT2D eigenvalue weighted by molar-refractivity contribution is 7.89. The lowest BCUT2D eigenvalue weighted by molar-refractivity contribution is -0.142. The lowest BCUT2D eigenvalue weighted by atomic mass is 10.1. The van der Waals surface area contributed by atoms with Crippen LogP contribution < -0.4 is 5.32 Å². The monoisotopic (exact) mass is 312 g/mol. The SMILES string of the molecule is O=CNc1cccc(S(=O)(=O)N2CCCCC2C(=O)O)c1. The molecule has 1 saturated heterocycles. The third-order valence-electron chi connectivity index (χ3n) is 3.40. The van der Waals surface area contributed by atoms with Gasteiger partial charge in [-0.3, -0.25) is 9.59 Å². The van der Waals surface area contributed by atoms with E-state index >= 15 is 0 Å². The Morgan fingerprint density at radius 1 is 1.38 bits per heavy atom. The van der Waals surface area contributed by atoms with Crippen LogP contribution in [0.25, 0.3) is 0 Å². The minimum absolute atomic E-state index is 0.0255. The molecule has 0 aromatic heterocycles. The molecule has 0 spiro atoms. The van der Waals surface area contributed by atoms with Gasteiger partial charge in [-0.1, -0.05) is 6.07 Å². The number of carboxylic acid groups (broad SMARTS) is 1. The number of anilines is 1. The third kappa shape index (κ3) is 3.22. The summed E-state index contributed by atoms with van der Waals surface area (Å²) in [5.74, 6) is -1.14. The zero-order chi connectivity index (χ0) is 15.5. The van der Waals surface area contributed by atoms with Gasteiger partial charge in [0, 0.05) is 12.2 Å². The number of benzene rings is 1. The Labute approximate surface area is 122 Å². The number of carbonyl (C=O) groups is 2. The van der Waals surface area contributed by atoms with Crippen LogP contribution in [-0.4, -0.2) is 42.8 Å². The number of piperidine rings is 1. The predicted octanol–water partition coefficient (Wildman–Crippen LogP) is 0.883. The minimum atomic E-state index is -3.90. The van der Waals surface area contributed by atoms with Crippen molar-refractivity contribution in [2.75, 3.05) is 11.9 Å². The summed E-state index contributed by atoms with van der Waals surface area (Å²) in [6.45, 7) is 0.185. The Morgan fingerprint density at radius 2 is 2.14 bits per heavy atom. The average molecular weight is 312 g/mol. The molecule has 1 aliphatic rings. The maximum atomic E-state index is 12.6. The van der Waals surface area contributed by atoms with E-state index in [1.807, 2.05) is 0 Å². The van der Waals surface area contributed by atoms with Gasteiger partial charge < -0.3 is 10.4 Å². The first kappa shape index (κ1) is 15.5. The van der Waals surface area contributed by atoms with Crippen LogP contribution in [0, 0.1) is 0 Å². The maximum absolute atomic E-state index is 12.6. The number of carboxylic acids is 1. The zero-order valence-electron chi connectivity index (χ0n) is 11.2. The number of sulfonamides is 1. The van der Waals surface area contributed by atoms with Crippen molar-refractivity contribution in [1.29, 1.82) is 0 Å². The van der Waals surface area contributed by atoms with Crippen LogP contribution in [0.1, 0.15) is 19.3 Å². The van der Waals surface area contributed by atoms with Gasteiger partial charge in [0.25, 0.3) is 0 Å². The van der Waals surface area contributed by atoms with E-state index in [1.165, 1.54) is 18.2 Å². The standard InChI is InChI=1S/C13H16N2O5S/c16-9-14-10-4-3-5-11(8-10)21(19,20)15-7-2-1-6-12(15)13(17)18/h3-5,8-9,12H,1-2,6-7H2,(H,14,16)(H,17,18). The fraction of sp³-hybridized carbons (Fsp3) is 0.385. The summed E-state index contributed by atoms with van der Waals surface area (Å²) >= 11 is 0. The Bertz CT molecular complexity index is 644. The van der Waals surface area contributed by atoms with Crippen LogP contribution >= 0.6 is 0 Å². The summed E-state index contributed by atoms with van der Waals surface area (Å²) in [5, 5.41) is 11.6. The fourth-order valence-corrected chi connectivity index (χ4v) is 4.09. The molecular weight excluding hydrogens is 296 g/mol. The van der Waals surface area contributed by atoms with Crippen molar-refractivity contribution in [2.24, 2.45) is 0 Å². The molecule has 2 N–H and O–H groups in total. The van der Waals surface area contributed by atoms with E-state index in [1.54, 1.807) is 6.07 Å². The van der Waals surface area contributed by atoms with Crippen molar-refractivity contribution in [1.82, 2.24) is 4.31 Å². The molecule has 1 heterocycles. The second kappa shape index (κ2) is 6.23. The van der Waals surface area contributed by atoms with Gasteiger partial charge in [0.15, 0.2) is 0 Å². The number of nitrogens with one attached hydrogen (secondary N) is 1. The van der Waals surface area contributed by atoms with E-state index in [9.17, 15) is 23.1 Å². The van der Waals surface area contributed by atoms with Gasteiger partial charge in [0.1, 0.15) is 6.04 Å². The molecule has 0 bridgehead atoms. The van der Waals surface area contributed by atoms with Crippen LogP contribution in [0.5, 0.6) is 0 Å². The minimum Gasteiger partial charge on any atom is -0.480 e. The Hall–Kier alpha value is -1.93. The molecule has 0 saturated carbocycles. The fourth-order valence-electron chi connectivity index (χ4n) is 2.39. The maximum Gasteiger partial charge on any atom is 0.322 e. The van der Waals surface area contributed by atoms with Crippen molar-refractivity contribution >= 4 is 28.1 Å². The van der Waals surface area contributed by atoms with E-state index in [0.29, 0.717) is 31.4 Å². The normalized spacial score (nSPS) is 19.9. The Kier molecular flexibility index (Phi) is 4.59. The second-order valence-electron chi connectivity index (χ2n) is 4.76. The molecule has 1 unspecified atom stereocenters. The largest absolute Gasteiger partial charge is 0.480 e. The van der Waals surface area contributed by atoms with Crippen LogP contribution in [0.4, 0.5) is 5.69 Å². The third-order valence-corrected chi connectivity index (χ3v) is 5.31. The molecule has 1 aromatic rings. The van der Waals surface area contributed by atoms with Gasteiger partial charge in [0.2, 0.25) is 16.4 Å². The molecule has 114 valence electrons. The first-order valence-electron chi connectivity index (χ1n) is 6.51. The summed E-state index contributed by atoms with van der Waals surface area (Å²) in [4.78, 5) is 21.7. The molecule has 1 amide bonds. The molecule has 8 heteroatoms. The molecule has 1 aromatic carbocycles. The molecule has 0 aliphatic carbocycles. The smallest absolute Gasteiger partial charge is 0.322 e. The lowest BCUT2D eigenvalue weighted by Crippen LogP contribution is -2.47. The van der Waals surface area contributed by atoms with Gasteiger partial charge in [-0.05, 0) is 37.5 Å². The predicted molar refractivity (Wildman–Crippen MR) is 75.3 cm³/mol. The molecule has 1 atom stereocenters. The molecule has 0 radical (unpaired) electrons. The van der Waals surface area contributed by atoms with Gasteiger partial charge in [-0.15, -0.1) is 0 Å². The van der Waals surface area contributed by atoms with Crippen molar-refractivity contribution in [2.45, 2.75) is 30.2 Å². The number of hydrogen-bond acceptors (Lipinski definition) is 4. The highest BCUT2D eigenvalue weighted by Crippen LogP contribution is 2.26. The first-order chi connectivity index (χ1) is 9.96. The number of amides is 1. The highest BCUT2D eigenvalue weighted by atomic mass is 32.2. The van der Waals surface area contributed by atoms with Crippen LogP contribution in [-0.2, 0) is 19.6 Å². The number of carbonyl (C=O) groups excluding carboxylic acids is 1. The number of aliphatic carboxylic acids is 1. The summed E-state index contributed by atoms with van der Waals surface area (Å²) in [7, 11) is -3.90. The summed E-state index contributed by atoms with van der Waals surface area (Å²) in [5.41, 5.74) is 0.343. The van der Waals surface area contributed by atoms with E-state index in [2.05, 4.69) is 5.32 Å². The second-order valence-corrected chi connectivity index (χ2v) is 6.65. The van der Waals surface area contributed by atoms with E-state index in [0.717, 1.165) is 4.31 Å². The number of hydrogen-bond donors (Lipinski definition) is 2. The topological polar surface area (TPSA) is 104 Å². The first-order valence-corrected chi connectivity index (χ1v) is 7.95. The quantitative estimate of drug-likeness (QED) is 0.786. The number of nitrogens with zero attached hydrogens (tertiary/aromatic N) is 1. The van der Waals surface area contributed by atoms with E-state index in [-0.39, 0.29) is 11.4 Å². The molecular formula is C13H16N2O5S. The van der Waals surface area contributed by atoms with Gasteiger partial charge in [0.05, 0.1) is 4.90 Å². The van der Waals surface area contributed by atoms with Gasteiger partial charge in [-0.25, -0.2) is 8.42 Å². The average Bonchev–Trinajstić information content (AvgIpc) is 2.48. The molecule has 2 rings (SSSR count). The van der Waals surface area contributed by atoms with Gasteiger partial charge in [-0.2, -0.15) is 4.31 Å². The van der Waals surface area contributed by atoms with Crippen molar-refractivity contribution in [3.63, 3.8) is 0 Å². The van der Waals surface area contributed by atoms with Gasteiger partial charge >= 0.3 is 5.97 Å². The molecule has 1 aliphatic heterocycles. The van der Waals surface area contributed by atoms with E-state index in [4.69, 9.17) is 0 Å². The van der Waals surface area contributed by atoms with Crippen LogP contribution in [0.2, 0.25) is 0 Å². The molecule has 21 heavy (non-hydrogen) atoms. The van der Waals surface area contributed by atoms with E-state index < -0.39 is 22.0 Å². The van der Waals surface area contributed by atoms with Crippen molar-refractivity contribution in [3.05, 3.63) is 24.3 Å². The van der Waals surface area contributed by atoms with Crippen molar-refractivity contribution < 1.29 is 23.1 Å². The lowest BCUT2D eigenvalue weighted by Gasteiger charge is -2.31. The highest BCUT2D eigenvalue weighted by Gasteiger charge is 2.37. The van der Waals surface area contributed by atoms with Crippen molar-refractivity contribution in [3.8, 4) is 0 Å². The summed E-state index contributed by atoms with van der Waals surface area (Å²) in [6.07, 6.45) is 2.08. The Balaban J connectivity index is 2.37. The Morgan fingerprint density at radius 3 is 2.81 bits per heavy atom. The molecule has 1 fully saturated rings. The molecule has 7 nitrogen and oxygen atoms in total. The van der Waals surface area contributed by atoms with Crippen LogP contribution in [0.3, 0.4) is 0 Å². The summed E-state index contributed by atoms with van der Waals surface area (Å²) in [6, 6.07) is 4.72. The number of rotatable bonds is 5. The summed E-state index contributed by atoms with van der Waals surface area (Å²) < 4.78 is 26.2. The zero-order valence-corrected chi connectivity index (χ0v) is 12.0.